The van der Waals surface area contributed by atoms with Gasteiger partial charge in [0.1, 0.15) is 18.0 Å². The number of ether oxygens (including phenoxy) is 3. The van der Waals surface area contributed by atoms with Crippen LogP contribution in [-0.4, -0.2) is 43.0 Å². The summed E-state index contributed by atoms with van der Waals surface area (Å²) < 4.78 is 16.8. The summed E-state index contributed by atoms with van der Waals surface area (Å²) in [6, 6.07) is 0. The Morgan fingerprint density at radius 1 is 1.00 bits per heavy atom. The number of esters is 3. The third-order valence-corrected chi connectivity index (χ3v) is 11.5. The molecule has 0 aromatic carbocycles. The van der Waals surface area contributed by atoms with E-state index in [1.807, 2.05) is 0 Å². The molecule has 4 aliphatic rings. The smallest absolute Gasteiger partial charge is 0.305 e. The fourth-order valence-electron chi connectivity index (χ4n) is 10.0. The zero-order valence-electron chi connectivity index (χ0n) is 24.4. The number of methoxy groups -OCH3 is 1. The lowest BCUT2D eigenvalue weighted by Gasteiger charge is -2.64. The van der Waals surface area contributed by atoms with Gasteiger partial charge in [-0.25, -0.2) is 0 Å². The Kier molecular flexibility index (Phi) is 8.36. The Bertz CT molecular complexity index is 945. The van der Waals surface area contributed by atoms with Gasteiger partial charge in [0.25, 0.3) is 0 Å². The second-order valence-electron chi connectivity index (χ2n) is 13.4. The van der Waals surface area contributed by atoms with Crippen molar-refractivity contribution in [3.63, 3.8) is 0 Å². The van der Waals surface area contributed by atoms with E-state index in [9.17, 15) is 19.2 Å². The Hall–Kier alpha value is -1.92. The molecule has 38 heavy (non-hydrogen) atoms. The highest BCUT2D eigenvalue weighted by atomic mass is 16.5. The molecule has 7 heteroatoms. The zero-order valence-corrected chi connectivity index (χ0v) is 24.4. The summed E-state index contributed by atoms with van der Waals surface area (Å²) in [7, 11) is 1.43. The highest BCUT2D eigenvalue weighted by Crippen LogP contribution is 2.69. The van der Waals surface area contributed by atoms with Crippen molar-refractivity contribution in [1.29, 1.82) is 0 Å². The summed E-state index contributed by atoms with van der Waals surface area (Å²) in [4.78, 5) is 50.4. The van der Waals surface area contributed by atoms with Crippen LogP contribution in [0, 0.1) is 52.3 Å². The first-order chi connectivity index (χ1) is 17.9. The van der Waals surface area contributed by atoms with E-state index >= 15 is 0 Å². The van der Waals surface area contributed by atoms with Gasteiger partial charge in [0, 0.05) is 38.5 Å². The summed E-state index contributed by atoms with van der Waals surface area (Å²) in [5.41, 5.74) is -0.381. The van der Waals surface area contributed by atoms with Crippen molar-refractivity contribution in [2.45, 2.75) is 112 Å². The summed E-state index contributed by atoms with van der Waals surface area (Å²) in [5, 5.41) is 0. The molecular formula is C31H48O7. The summed E-state index contributed by atoms with van der Waals surface area (Å²) >= 11 is 0. The second-order valence-corrected chi connectivity index (χ2v) is 13.4. The van der Waals surface area contributed by atoms with Gasteiger partial charge in [-0.05, 0) is 85.4 Å². The highest BCUT2D eigenvalue weighted by Gasteiger charge is 2.68. The molecule has 0 aromatic heterocycles. The van der Waals surface area contributed by atoms with E-state index in [0.717, 1.165) is 44.9 Å². The summed E-state index contributed by atoms with van der Waals surface area (Å²) in [5.74, 6) is 0.619. The molecule has 0 amide bonds. The van der Waals surface area contributed by atoms with E-state index in [4.69, 9.17) is 14.2 Å². The fraction of sp³-hybridized carbons (Fsp3) is 0.871. The fourth-order valence-corrected chi connectivity index (χ4v) is 10.0. The molecule has 0 bridgehead atoms. The van der Waals surface area contributed by atoms with Crippen molar-refractivity contribution in [3.8, 4) is 0 Å². The van der Waals surface area contributed by atoms with Gasteiger partial charge in [0.05, 0.1) is 7.11 Å². The molecule has 0 spiro atoms. The predicted molar refractivity (Wildman–Crippen MR) is 142 cm³/mol. The molecule has 0 saturated heterocycles. The van der Waals surface area contributed by atoms with Crippen molar-refractivity contribution >= 4 is 23.7 Å². The van der Waals surface area contributed by atoms with Crippen LogP contribution >= 0.6 is 0 Å². The normalized spacial score (nSPS) is 42.8. The van der Waals surface area contributed by atoms with Crippen LogP contribution < -0.4 is 0 Å². The van der Waals surface area contributed by atoms with E-state index in [1.165, 1.54) is 21.0 Å². The Morgan fingerprint density at radius 3 is 2.29 bits per heavy atom. The summed E-state index contributed by atoms with van der Waals surface area (Å²) in [6.07, 6.45) is 6.46. The van der Waals surface area contributed by atoms with Crippen LogP contribution in [0.1, 0.15) is 99.3 Å². The minimum absolute atomic E-state index is 0.000525. The quantitative estimate of drug-likeness (QED) is 0.314. The molecule has 214 valence electrons. The minimum atomic E-state index is -0.311. The van der Waals surface area contributed by atoms with E-state index < -0.39 is 0 Å². The van der Waals surface area contributed by atoms with Crippen LogP contribution in [0.2, 0.25) is 0 Å². The lowest BCUT2D eigenvalue weighted by molar-refractivity contribution is -0.216. The van der Waals surface area contributed by atoms with Gasteiger partial charge in [-0.2, -0.15) is 0 Å². The third kappa shape index (κ3) is 4.92. The van der Waals surface area contributed by atoms with Crippen LogP contribution in [0.5, 0.6) is 0 Å². The molecule has 0 N–H and O–H groups in total. The van der Waals surface area contributed by atoms with Crippen molar-refractivity contribution in [2.24, 2.45) is 52.3 Å². The van der Waals surface area contributed by atoms with Crippen molar-refractivity contribution in [3.05, 3.63) is 0 Å². The van der Waals surface area contributed by atoms with Crippen molar-refractivity contribution in [2.75, 3.05) is 7.11 Å². The monoisotopic (exact) mass is 532 g/mol. The van der Waals surface area contributed by atoms with E-state index in [2.05, 4.69) is 27.7 Å². The van der Waals surface area contributed by atoms with Gasteiger partial charge >= 0.3 is 17.9 Å². The molecule has 0 aliphatic heterocycles. The van der Waals surface area contributed by atoms with Gasteiger partial charge in [-0.3, -0.25) is 19.2 Å². The van der Waals surface area contributed by atoms with Crippen LogP contribution in [0.4, 0.5) is 0 Å². The van der Waals surface area contributed by atoms with E-state index in [-0.39, 0.29) is 70.5 Å². The molecular weight excluding hydrogens is 484 g/mol. The standard InChI is InChI=1S/C31H48O7/c1-8-21-24-15-20(37-18(3)32)13-14-30(24,5)28-25(34)16-31(6)22(17(2)9-12-26(35)36-7)10-11-23(31)27(28)29(21)38-19(4)33/h17,20-24,27-29H,8-16H2,1-7H3/t17-,20-,21-,22-,23?,24+,27?,28?,29?,30+,31-/m1/s1. The molecule has 4 rings (SSSR count). The van der Waals surface area contributed by atoms with Crippen LogP contribution in [0.15, 0.2) is 0 Å². The molecule has 4 unspecified atom stereocenters. The number of ketones is 1. The lowest BCUT2D eigenvalue weighted by atomic mass is 9.41. The molecule has 4 saturated carbocycles. The van der Waals surface area contributed by atoms with Crippen LogP contribution in [-0.2, 0) is 33.4 Å². The van der Waals surface area contributed by atoms with Crippen LogP contribution in [0.3, 0.4) is 0 Å². The first-order valence-corrected chi connectivity index (χ1v) is 14.8. The number of carbonyl (C=O) groups excluding carboxylic acids is 4. The maximum atomic E-state index is 14.3. The highest BCUT2D eigenvalue weighted by molar-refractivity contribution is 5.84. The molecule has 4 aliphatic carbocycles. The van der Waals surface area contributed by atoms with Gasteiger partial charge in [-0.1, -0.05) is 27.7 Å². The third-order valence-electron chi connectivity index (χ3n) is 11.5. The predicted octanol–water partition coefficient (Wildman–Crippen LogP) is 5.52. The second kappa shape index (κ2) is 10.9. The Labute approximate surface area is 228 Å². The zero-order chi connectivity index (χ0) is 28.0. The number of Topliss-reactive ketones (excluding diaryl/α,β-unsaturated/α-hetero) is 1. The number of fused-ring (bicyclic) bond motifs is 5. The number of carbonyl (C=O) groups is 4. The molecule has 0 heterocycles. The number of hydrogen-bond acceptors (Lipinski definition) is 7. The van der Waals surface area contributed by atoms with E-state index in [0.29, 0.717) is 30.5 Å². The Morgan fingerprint density at radius 2 is 1.68 bits per heavy atom. The van der Waals surface area contributed by atoms with E-state index in [1.54, 1.807) is 0 Å². The molecule has 4 fully saturated rings. The first kappa shape index (κ1) is 29.1. The minimum Gasteiger partial charge on any atom is -0.469 e. The summed E-state index contributed by atoms with van der Waals surface area (Å²) in [6.45, 7) is 11.9. The van der Waals surface area contributed by atoms with Crippen molar-refractivity contribution in [1.82, 2.24) is 0 Å². The lowest BCUT2D eigenvalue weighted by Crippen LogP contribution is -2.65. The molecule has 0 radical (unpaired) electrons. The molecule has 0 aromatic rings. The molecule has 11 atom stereocenters. The van der Waals surface area contributed by atoms with Gasteiger partial charge < -0.3 is 14.2 Å². The number of rotatable bonds is 7. The topological polar surface area (TPSA) is 96.0 Å². The maximum Gasteiger partial charge on any atom is 0.305 e. The van der Waals surface area contributed by atoms with Gasteiger partial charge in [0.15, 0.2) is 0 Å². The average Bonchev–Trinajstić information content (AvgIpc) is 3.18. The first-order valence-electron chi connectivity index (χ1n) is 14.8. The maximum absolute atomic E-state index is 14.3. The van der Waals surface area contributed by atoms with Gasteiger partial charge in [0.2, 0.25) is 0 Å². The Balaban J connectivity index is 1.70. The SMILES string of the molecule is CC[C@H]1C(OC(C)=O)C2C3CC[C@H]([C@H](C)CCC(=O)OC)[C@@]3(C)CC(=O)C2[C@@]2(C)CC[C@@H](OC(C)=O)C[C@@H]12. The largest absolute Gasteiger partial charge is 0.469 e. The van der Waals surface area contributed by atoms with Crippen LogP contribution in [0.25, 0.3) is 0 Å². The van der Waals surface area contributed by atoms with Crippen molar-refractivity contribution < 1.29 is 33.4 Å². The average molecular weight is 533 g/mol. The van der Waals surface area contributed by atoms with Gasteiger partial charge in [-0.15, -0.1) is 0 Å². The molecule has 7 nitrogen and oxygen atoms in total. The number of hydrogen-bond donors (Lipinski definition) is 0.